The van der Waals surface area contributed by atoms with Gasteiger partial charge < -0.3 is 25.6 Å². The summed E-state index contributed by atoms with van der Waals surface area (Å²) in [4.78, 5) is 41.2. The predicted molar refractivity (Wildman–Crippen MR) is 139 cm³/mol. The average Bonchev–Trinajstić information content (AvgIpc) is 3.59. The molecule has 2 aliphatic heterocycles. The molecule has 0 saturated heterocycles. The summed E-state index contributed by atoms with van der Waals surface area (Å²) >= 11 is 0. The Morgan fingerprint density at radius 3 is 2.49 bits per heavy atom. The van der Waals surface area contributed by atoms with Crippen molar-refractivity contribution in [3.63, 3.8) is 0 Å². The fourth-order valence-corrected chi connectivity index (χ4v) is 5.34. The van der Waals surface area contributed by atoms with Gasteiger partial charge >= 0.3 is 12.1 Å². The van der Waals surface area contributed by atoms with E-state index in [0.29, 0.717) is 37.2 Å². The first-order chi connectivity index (χ1) is 18.9. The van der Waals surface area contributed by atoms with Crippen LogP contribution in [0.3, 0.4) is 0 Å². The van der Waals surface area contributed by atoms with Crippen LogP contribution in [-0.2, 0) is 19.1 Å². The zero-order chi connectivity index (χ0) is 30.9. The highest BCUT2D eigenvalue weighted by Gasteiger charge is 2.52. The van der Waals surface area contributed by atoms with E-state index in [2.05, 4.69) is 10.3 Å². The maximum absolute atomic E-state index is 14.7. The molecule has 2 amide bonds. The molecule has 0 spiro atoms. The molecule has 2 heterocycles. The third kappa shape index (κ3) is 7.86. The van der Waals surface area contributed by atoms with E-state index in [9.17, 15) is 27.2 Å². The van der Waals surface area contributed by atoms with Crippen molar-refractivity contribution >= 4 is 23.7 Å². The van der Waals surface area contributed by atoms with Gasteiger partial charge in [0.05, 0.1) is 23.6 Å². The Bertz CT molecular complexity index is 1200. The number of amides is 2. The van der Waals surface area contributed by atoms with Crippen molar-refractivity contribution in [1.29, 1.82) is 0 Å². The summed E-state index contributed by atoms with van der Waals surface area (Å²) in [6, 6.07) is 3.94. The van der Waals surface area contributed by atoms with Gasteiger partial charge in [-0.25, -0.2) is 14.2 Å². The van der Waals surface area contributed by atoms with Crippen molar-refractivity contribution in [3.05, 3.63) is 29.6 Å². The number of halogens is 4. The second-order valence-corrected chi connectivity index (χ2v) is 11.7. The monoisotopic (exact) mass is 588 g/mol. The van der Waals surface area contributed by atoms with E-state index >= 15 is 0 Å². The van der Waals surface area contributed by atoms with E-state index in [1.54, 1.807) is 24.1 Å². The largest absolute Gasteiger partial charge is 0.490 e. The number of hydrogen-bond acceptors (Lipinski definition) is 7. The van der Waals surface area contributed by atoms with E-state index in [1.807, 2.05) is 27.7 Å². The van der Waals surface area contributed by atoms with Gasteiger partial charge in [0.2, 0.25) is 11.8 Å². The number of nitrogens with one attached hydrogen (secondary N) is 1. The number of methoxy groups -OCH3 is 1. The molecule has 1 aromatic carbocycles. The molecule has 4 rings (SSSR count). The zero-order valence-electron chi connectivity index (χ0n) is 23.5. The van der Waals surface area contributed by atoms with Crippen molar-refractivity contribution in [2.45, 2.75) is 82.8 Å². The number of aliphatic imine (C=N–C) groups is 1. The van der Waals surface area contributed by atoms with Crippen molar-refractivity contribution in [3.8, 4) is 5.75 Å². The molecule has 0 radical (unpaired) electrons. The number of alkyl halides is 3. The molecule has 0 aromatic heterocycles. The molecule has 14 heteroatoms. The van der Waals surface area contributed by atoms with Crippen molar-refractivity contribution in [2.75, 3.05) is 13.7 Å². The number of guanidine groups is 1. The number of aliphatic carboxylic acids is 1. The van der Waals surface area contributed by atoms with Crippen LogP contribution >= 0.6 is 0 Å². The predicted octanol–water partition coefficient (Wildman–Crippen LogP) is 3.54. The molecule has 1 aliphatic carbocycles. The smallest absolute Gasteiger partial charge is 0.487 e. The average molecular weight is 589 g/mol. The van der Waals surface area contributed by atoms with Gasteiger partial charge in [-0.1, -0.05) is 6.07 Å². The quantitative estimate of drug-likeness (QED) is 0.414. The molecular weight excluding hydrogens is 552 g/mol. The Balaban J connectivity index is 0.000000587. The van der Waals surface area contributed by atoms with Gasteiger partial charge in [-0.15, -0.1) is 0 Å². The molecule has 4 N–H and O–H groups in total. The fourth-order valence-electron chi connectivity index (χ4n) is 5.34. The van der Waals surface area contributed by atoms with Crippen LogP contribution in [0.15, 0.2) is 23.2 Å². The minimum atomic E-state index is -5.08. The number of rotatable bonds is 7. The van der Waals surface area contributed by atoms with E-state index in [1.165, 1.54) is 6.07 Å². The minimum absolute atomic E-state index is 0.0676. The van der Waals surface area contributed by atoms with Gasteiger partial charge in [-0.2, -0.15) is 13.2 Å². The van der Waals surface area contributed by atoms with Crippen LogP contribution in [0.5, 0.6) is 5.75 Å². The van der Waals surface area contributed by atoms with Crippen molar-refractivity contribution in [1.82, 2.24) is 10.2 Å². The van der Waals surface area contributed by atoms with Crippen LogP contribution in [0.2, 0.25) is 0 Å². The number of carboxylic acid groups (broad SMARTS) is 1. The lowest BCUT2D eigenvalue weighted by Crippen LogP contribution is -2.55. The second-order valence-electron chi connectivity index (χ2n) is 11.7. The number of fused-ring (bicyclic) bond motifs is 1. The van der Waals surface area contributed by atoms with E-state index in [-0.39, 0.29) is 42.1 Å². The summed E-state index contributed by atoms with van der Waals surface area (Å²) in [5.74, 6) is -3.10. The maximum atomic E-state index is 14.7. The van der Waals surface area contributed by atoms with E-state index < -0.39 is 35.1 Å². The van der Waals surface area contributed by atoms with Crippen molar-refractivity contribution in [2.24, 2.45) is 22.6 Å². The van der Waals surface area contributed by atoms with Crippen molar-refractivity contribution < 1.29 is 46.5 Å². The fraction of sp³-hybridized carbons (Fsp3) is 0.630. The minimum Gasteiger partial charge on any atom is -0.487 e. The Hall–Kier alpha value is -3.42. The standard InChI is InChI=1S/C25H35FN4O4.C2HF3O2/c1-24(2)13-20(31)30(23(27)29-24)18(9-10-33-5)14-11-15(14)22(32)28-17-12-25(3,4)34-19-8-6-7-16(26)21(17)19;3-2(4,5)1(6)7/h6-8,14-15,17-18H,9-13H2,1-5H3,(H2,27,29)(H,28,32);(H,6,7)/t14-,15-,17?,18-;/m1./s1. The first kappa shape index (κ1) is 32.1. The molecule has 4 atom stereocenters. The van der Waals surface area contributed by atoms with Gasteiger partial charge in [0.1, 0.15) is 17.2 Å². The van der Waals surface area contributed by atoms with Gasteiger partial charge in [0, 0.05) is 32.1 Å². The summed E-state index contributed by atoms with van der Waals surface area (Å²) in [5, 5.41) is 10.2. The Morgan fingerprint density at radius 2 is 1.93 bits per heavy atom. The lowest BCUT2D eigenvalue weighted by molar-refractivity contribution is -0.192. The number of carbonyl (C=O) groups is 3. The van der Waals surface area contributed by atoms with Gasteiger partial charge in [0.25, 0.3) is 0 Å². The van der Waals surface area contributed by atoms with Crippen LogP contribution in [0.4, 0.5) is 17.6 Å². The summed E-state index contributed by atoms with van der Waals surface area (Å²) in [5.41, 5.74) is 5.51. The summed E-state index contributed by atoms with van der Waals surface area (Å²) in [7, 11) is 1.60. The van der Waals surface area contributed by atoms with Crippen LogP contribution < -0.4 is 15.8 Å². The molecule has 3 aliphatic rings. The molecule has 1 unspecified atom stereocenters. The molecule has 1 aromatic rings. The molecule has 10 nitrogen and oxygen atoms in total. The highest BCUT2D eigenvalue weighted by atomic mass is 19.4. The van der Waals surface area contributed by atoms with Crippen LogP contribution in [0, 0.1) is 17.7 Å². The molecule has 41 heavy (non-hydrogen) atoms. The molecule has 0 bridgehead atoms. The highest BCUT2D eigenvalue weighted by Crippen LogP contribution is 2.47. The lowest BCUT2D eigenvalue weighted by atomic mass is 9.89. The van der Waals surface area contributed by atoms with Gasteiger partial charge in [-0.05, 0) is 58.6 Å². The number of benzene rings is 1. The Kier molecular flexibility index (Phi) is 9.26. The Labute approximate surface area is 235 Å². The number of hydrogen-bond donors (Lipinski definition) is 3. The summed E-state index contributed by atoms with van der Waals surface area (Å²) < 4.78 is 57.6. The SMILES string of the molecule is COCC[C@H]([C@@H]1C[C@H]1C(=O)NC1CC(C)(C)Oc2cccc(F)c21)N1C(=O)CC(C)(C)N=C1N.O=C(O)C(F)(F)F. The van der Waals surface area contributed by atoms with Gasteiger partial charge in [-0.3, -0.25) is 14.5 Å². The van der Waals surface area contributed by atoms with E-state index in [4.69, 9.17) is 25.1 Å². The number of carboxylic acids is 1. The first-order valence-corrected chi connectivity index (χ1v) is 13.1. The number of nitrogens with zero attached hydrogens (tertiary/aromatic N) is 2. The zero-order valence-corrected chi connectivity index (χ0v) is 23.5. The molecule has 228 valence electrons. The Morgan fingerprint density at radius 1 is 1.29 bits per heavy atom. The third-order valence-corrected chi connectivity index (χ3v) is 7.14. The number of ether oxygens (including phenoxy) is 2. The van der Waals surface area contributed by atoms with Crippen LogP contribution in [0.25, 0.3) is 0 Å². The molecular formula is C27H36F4N4O6. The second kappa shape index (κ2) is 11.8. The maximum Gasteiger partial charge on any atom is 0.490 e. The molecule has 1 fully saturated rings. The lowest BCUT2D eigenvalue weighted by Gasteiger charge is -2.38. The van der Waals surface area contributed by atoms with Crippen LogP contribution in [-0.4, -0.2) is 70.8 Å². The third-order valence-electron chi connectivity index (χ3n) is 7.14. The summed E-state index contributed by atoms with van der Waals surface area (Å²) in [6.45, 7) is 8.03. The van der Waals surface area contributed by atoms with E-state index in [0.717, 1.165) is 0 Å². The number of carbonyl (C=O) groups excluding carboxylic acids is 2. The normalized spacial score (nSPS) is 25.0. The summed E-state index contributed by atoms with van der Waals surface area (Å²) in [6.07, 6.45) is -3.20. The molecule has 1 saturated carbocycles. The van der Waals surface area contributed by atoms with Gasteiger partial charge in [0.15, 0.2) is 5.96 Å². The first-order valence-electron chi connectivity index (χ1n) is 13.1. The topological polar surface area (TPSA) is 144 Å². The highest BCUT2D eigenvalue weighted by molar-refractivity contribution is 5.99. The number of nitrogens with two attached hydrogens (primary N) is 1. The van der Waals surface area contributed by atoms with Crippen LogP contribution in [0.1, 0.15) is 65.0 Å².